The zero-order valence-corrected chi connectivity index (χ0v) is 10.7. The minimum Gasteiger partial charge on any atom is -0.481 e. The van der Waals surface area contributed by atoms with E-state index in [0.717, 1.165) is 5.56 Å². The first-order chi connectivity index (χ1) is 9.08. The van der Waals surface area contributed by atoms with Crippen LogP contribution in [0, 0.1) is 5.92 Å². The third kappa shape index (κ3) is 3.21. The van der Waals surface area contributed by atoms with Gasteiger partial charge in [-0.05, 0) is 31.0 Å². The Balaban J connectivity index is 1.90. The van der Waals surface area contributed by atoms with Crippen molar-refractivity contribution in [3.8, 4) is 0 Å². The number of likely N-dealkylation sites (tertiary alicyclic amines) is 1. The summed E-state index contributed by atoms with van der Waals surface area (Å²) in [7, 11) is 0. The largest absolute Gasteiger partial charge is 0.481 e. The van der Waals surface area contributed by atoms with E-state index >= 15 is 0 Å². The van der Waals surface area contributed by atoms with Gasteiger partial charge in [0.15, 0.2) is 0 Å². The van der Waals surface area contributed by atoms with Crippen LogP contribution in [0.3, 0.4) is 0 Å². The van der Waals surface area contributed by atoms with Crippen LogP contribution in [0.15, 0.2) is 24.5 Å². The lowest BCUT2D eigenvalue weighted by atomic mass is 10.1. The summed E-state index contributed by atoms with van der Waals surface area (Å²) in [5, 5.41) is 11.8. The average molecular weight is 263 g/mol. The summed E-state index contributed by atoms with van der Waals surface area (Å²) in [6.45, 7) is 2.66. The fourth-order valence-electron chi connectivity index (χ4n) is 2.16. The van der Waals surface area contributed by atoms with Crippen molar-refractivity contribution in [1.29, 1.82) is 0 Å². The number of carboxylic acid groups (broad SMARTS) is 1. The third-order valence-electron chi connectivity index (χ3n) is 3.37. The molecule has 2 heterocycles. The van der Waals surface area contributed by atoms with E-state index in [4.69, 9.17) is 5.11 Å². The molecule has 0 radical (unpaired) electrons. The zero-order valence-electron chi connectivity index (χ0n) is 10.7. The third-order valence-corrected chi connectivity index (χ3v) is 3.37. The van der Waals surface area contributed by atoms with E-state index in [9.17, 15) is 9.59 Å². The van der Waals surface area contributed by atoms with Crippen molar-refractivity contribution < 1.29 is 14.7 Å². The van der Waals surface area contributed by atoms with Gasteiger partial charge in [0.1, 0.15) is 0 Å². The van der Waals surface area contributed by atoms with Gasteiger partial charge in [0.2, 0.25) is 0 Å². The molecule has 1 aromatic heterocycles. The molecule has 2 rings (SSSR count). The summed E-state index contributed by atoms with van der Waals surface area (Å²) in [6.07, 6.45) is 3.87. The number of pyridine rings is 1. The normalized spacial score (nSPS) is 20.1. The quantitative estimate of drug-likeness (QED) is 0.860. The lowest BCUT2D eigenvalue weighted by molar-refractivity contribution is -0.141. The molecule has 2 N–H and O–H groups in total. The molecule has 19 heavy (non-hydrogen) atoms. The Morgan fingerprint density at radius 1 is 1.47 bits per heavy atom. The van der Waals surface area contributed by atoms with Crippen LogP contribution < -0.4 is 5.32 Å². The fraction of sp³-hybridized carbons (Fsp3) is 0.462. The van der Waals surface area contributed by atoms with E-state index in [2.05, 4.69) is 10.3 Å². The van der Waals surface area contributed by atoms with E-state index in [0.29, 0.717) is 13.0 Å². The molecule has 2 amide bonds. The maximum Gasteiger partial charge on any atom is 0.317 e. The molecule has 0 aliphatic carbocycles. The SMILES string of the molecule is CC(NC(=O)N1CCC(C(=O)O)C1)c1ccncc1. The smallest absolute Gasteiger partial charge is 0.317 e. The first-order valence-electron chi connectivity index (χ1n) is 6.26. The van der Waals surface area contributed by atoms with Crippen LogP contribution in [0.5, 0.6) is 0 Å². The number of rotatable bonds is 3. The van der Waals surface area contributed by atoms with E-state index in [-0.39, 0.29) is 18.6 Å². The summed E-state index contributed by atoms with van der Waals surface area (Å²) >= 11 is 0. The Morgan fingerprint density at radius 3 is 2.74 bits per heavy atom. The molecule has 0 bridgehead atoms. The number of aromatic nitrogens is 1. The Morgan fingerprint density at radius 2 is 2.16 bits per heavy atom. The average Bonchev–Trinajstić information content (AvgIpc) is 2.89. The molecule has 2 atom stereocenters. The highest BCUT2D eigenvalue weighted by atomic mass is 16.4. The number of aliphatic carboxylic acids is 1. The summed E-state index contributed by atoms with van der Waals surface area (Å²) in [6, 6.07) is 3.34. The summed E-state index contributed by atoms with van der Waals surface area (Å²) in [5.41, 5.74) is 0.970. The molecule has 1 fully saturated rings. The van der Waals surface area contributed by atoms with E-state index in [1.165, 1.54) is 0 Å². The van der Waals surface area contributed by atoms with Crippen LogP contribution in [0.1, 0.15) is 24.9 Å². The number of hydrogen-bond acceptors (Lipinski definition) is 3. The minimum absolute atomic E-state index is 0.126. The Hall–Kier alpha value is -2.11. The van der Waals surface area contributed by atoms with Crippen LogP contribution >= 0.6 is 0 Å². The molecular weight excluding hydrogens is 246 g/mol. The number of carboxylic acids is 1. The molecule has 0 spiro atoms. The van der Waals surface area contributed by atoms with Gasteiger partial charge in [0, 0.05) is 25.5 Å². The van der Waals surface area contributed by atoms with Crippen LogP contribution in [-0.4, -0.2) is 40.1 Å². The molecule has 6 heteroatoms. The Labute approximate surface area is 111 Å². The minimum atomic E-state index is -0.836. The van der Waals surface area contributed by atoms with Gasteiger partial charge in [-0.1, -0.05) is 0 Å². The van der Waals surface area contributed by atoms with E-state index < -0.39 is 11.9 Å². The predicted molar refractivity (Wildman–Crippen MR) is 68.5 cm³/mol. The summed E-state index contributed by atoms with van der Waals surface area (Å²) < 4.78 is 0. The second kappa shape index (κ2) is 5.69. The van der Waals surface area contributed by atoms with Gasteiger partial charge < -0.3 is 15.3 Å². The first kappa shape index (κ1) is 13.3. The van der Waals surface area contributed by atoms with Gasteiger partial charge >= 0.3 is 12.0 Å². The van der Waals surface area contributed by atoms with Gasteiger partial charge in [-0.15, -0.1) is 0 Å². The molecule has 1 aliphatic rings. The second-order valence-electron chi connectivity index (χ2n) is 4.72. The second-order valence-corrected chi connectivity index (χ2v) is 4.72. The van der Waals surface area contributed by atoms with Crippen LogP contribution in [0.4, 0.5) is 4.79 Å². The lowest BCUT2D eigenvalue weighted by Gasteiger charge is -2.20. The van der Waals surface area contributed by atoms with Crippen molar-refractivity contribution in [3.05, 3.63) is 30.1 Å². The summed E-state index contributed by atoms with van der Waals surface area (Å²) in [5.74, 6) is -1.28. The standard InChI is InChI=1S/C13H17N3O3/c1-9(10-2-5-14-6-3-10)15-13(19)16-7-4-11(8-16)12(17)18/h2-3,5-6,9,11H,4,7-8H2,1H3,(H,15,19)(H,17,18). The van der Waals surface area contributed by atoms with Crippen molar-refractivity contribution >= 4 is 12.0 Å². The molecule has 0 aromatic carbocycles. The van der Waals surface area contributed by atoms with Gasteiger partial charge in [-0.3, -0.25) is 9.78 Å². The van der Waals surface area contributed by atoms with Crippen LogP contribution in [-0.2, 0) is 4.79 Å². The fourth-order valence-corrected chi connectivity index (χ4v) is 2.16. The molecule has 2 unspecified atom stereocenters. The van der Waals surface area contributed by atoms with Crippen molar-refractivity contribution in [3.63, 3.8) is 0 Å². The molecular formula is C13H17N3O3. The van der Waals surface area contributed by atoms with Crippen LogP contribution in [0.25, 0.3) is 0 Å². The lowest BCUT2D eigenvalue weighted by Crippen LogP contribution is -2.40. The number of urea groups is 1. The number of nitrogens with zero attached hydrogens (tertiary/aromatic N) is 2. The number of amides is 2. The highest BCUT2D eigenvalue weighted by molar-refractivity contribution is 5.77. The highest BCUT2D eigenvalue weighted by Gasteiger charge is 2.31. The molecule has 102 valence electrons. The number of carbonyl (C=O) groups is 2. The van der Waals surface area contributed by atoms with Crippen molar-refractivity contribution in [1.82, 2.24) is 15.2 Å². The van der Waals surface area contributed by atoms with Crippen LogP contribution in [0.2, 0.25) is 0 Å². The zero-order chi connectivity index (χ0) is 13.8. The highest BCUT2D eigenvalue weighted by Crippen LogP contribution is 2.17. The maximum absolute atomic E-state index is 12.0. The number of hydrogen-bond donors (Lipinski definition) is 2. The monoisotopic (exact) mass is 263 g/mol. The van der Waals surface area contributed by atoms with E-state index in [1.54, 1.807) is 17.3 Å². The Kier molecular flexibility index (Phi) is 3.99. The van der Waals surface area contributed by atoms with Gasteiger partial charge in [0.05, 0.1) is 12.0 Å². The molecule has 1 aromatic rings. The number of carbonyl (C=O) groups excluding carboxylic acids is 1. The predicted octanol–water partition coefficient (Wildman–Crippen LogP) is 1.26. The van der Waals surface area contributed by atoms with Crippen molar-refractivity contribution in [2.45, 2.75) is 19.4 Å². The maximum atomic E-state index is 12.0. The molecule has 6 nitrogen and oxygen atoms in total. The van der Waals surface area contributed by atoms with Gasteiger partial charge in [-0.2, -0.15) is 0 Å². The first-order valence-corrected chi connectivity index (χ1v) is 6.26. The molecule has 1 aliphatic heterocycles. The summed E-state index contributed by atoms with van der Waals surface area (Å²) in [4.78, 5) is 28.3. The van der Waals surface area contributed by atoms with Crippen molar-refractivity contribution in [2.24, 2.45) is 5.92 Å². The van der Waals surface area contributed by atoms with Crippen molar-refractivity contribution in [2.75, 3.05) is 13.1 Å². The molecule has 1 saturated heterocycles. The topological polar surface area (TPSA) is 82.5 Å². The van der Waals surface area contributed by atoms with Gasteiger partial charge in [0.25, 0.3) is 0 Å². The number of nitrogens with one attached hydrogen (secondary N) is 1. The van der Waals surface area contributed by atoms with E-state index in [1.807, 2.05) is 19.1 Å². The molecule has 0 saturated carbocycles. The van der Waals surface area contributed by atoms with Gasteiger partial charge in [-0.25, -0.2) is 4.79 Å². The Bertz CT molecular complexity index is 463.